The van der Waals surface area contributed by atoms with Gasteiger partial charge in [-0.25, -0.2) is 4.98 Å². The molecule has 2 atom stereocenters. The van der Waals surface area contributed by atoms with Crippen LogP contribution in [0, 0.1) is 19.8 Å². The number of rotatable bonds is 6. The summed E-state index contributed by atoms with van der Waals surface area (Å²) in [5, 5.41) is 0. The topological polar surface area (TPSA) is 50.1 Å². The van der Waals surface area contributed by atoms with Gasteiger partial charge in [-0.05, 0) is 56.4 Å². The Labute approximate surface area is 237 Å². The van der Waals surface area contributed by atoms with Gasteiger partial charge in [-0.2, -0.15) is 0 Å². The number of fused-ring (bicyclic) bond motifs is 1. The van der Waals surface area contributed by atoms with Crippen LogP contribution in [0.5, 0.6) is 0 Å². The van der Waals surface area contributed by atoms with Crippen molar-refractivity contribution in [3.05, 3.63) is 83.7 Å². The van der Waals surface area contributed by atoms with Crippen molar-refractivity contribution in [2.75, 3.05) is 33.3 Å². The van der Waals surface area contributed by atoms with Crippen LogP contribution in [0.1, 0.15) is 42.5 Å². The molecule has 1 saturated heterocycles. The van der Waals surface area contributed by atoms with Crippen LogP contribution in [0.25, 0.3) is 28.0 Å². The number of nitrogens with zero attached hydrogens (tertiary/aromatic N) is 4. The highest BCUT2D eigenvalue weighted by molar-refractivity contribution is 5.79. The van der Waals surface area contributed by atoms with Crippen LogP contribution in [0.4, 0.5) is 0 Å². The largest absolute Gasteiger partial charge is 0.381 e. The molecule has 6 nitrogen and oxygen atoms in total. The van der Waals surface area contributed by atoms with E-state index in [4.69, 9.17) is 9.72 Å². The maximum Gasteiger partial charge on any atom is 0.225 e. The van der Waals surface area contributed by atoms with Gasteiger partial charge in [-0.15, -0.1) is 0 Å². The summed E-state index contributed by atoms with van der Waals surface area (Å²) in [4.78, 5) is 23.0. The Balaban J connectivity index is 1.25. The second-order valence-electron chi connectivity index (χ2n) is 11.6. The van der Waals surface area contributed by atoms with Crippen LogP contribution in [0.2, 0.25) is 0 Å². The van der Waals surface area contributed by atoms with Crippen LogP contribution < -0.4 is 0 Å². The molecule has 40 heavy (non-hydrogen) atoms. The maximum atomic E-state index is 13.3. The molecule has 6 heteroatoms. The van der Waals surface area contributed by atoms with E-state index >= 15 is 0 Å². The number of pyridine rings is 1. The quantitative estimate of drug-likeness (QED) is 0.297. The Kier molecular flexibility index (Phi) is 7.72. The lowest BCUT2D eigenvalue weighted by atomic mass is 9.86. The van der Waals surface area contributed by atoms with Crippen molar-refractivity contribution in [3.8, 4) is 22.4 Å². The molecule has 2 fully saturated rings. The lowest BCUT2D eigenvalue weighted by Crippen LogP contribution is -2.50. The fraction of sp³-hybridized carbons (Fsp3) is 0.412. The number of methoxy groups -OCH3 is 1. The van der Waals surface area contributed by atoms with Gasteiger partial charge in [0, 0.05) is 57.5 Å². The number of hydrogen-bond donors (Lipinski definition) is 0. The second kappa shape index (κ2) is 11.6. The Bertz CT molecular complexity index is 1480. The third-order valence-electron chi connectivity index (χ3n) is 8.76. The third kappa shape index (κ3) is 5.56. The van der Waals surface area contributed by atoms with E-state index in [1.54, 1.807) is 7.11 Å². The van der Waals surface area contributed by atoms with Gasteiger partial charge in [0.05, 0.1) is 17.5 Å². The Hall–Kier alpha value is -3.48. The molecule has 2 aromatic carbocycles. The number of hydrogen-bond acceptors (Lipinski definition) is 4. The maximum absolute atomic E-state index is 13.3. The van der Waals surface area contributed by atoms with Gasteiger partial charge in [0.25, 0.3) is 0 Å². The van der Waals surface area contributed by atoms with Gasteiger partial charge >= 0.3 is 0 Å². The smallest absolute Gasteiger partial charge is 0.225 e. The number of ether oxygens (including phenoxy) is 1. The van der Waals surface area contributed by atoms with Crippen LogP contribution in [-0.4, -0.2) is 64.5 Å². The van der Waals surface area contributed by atoms with Crippen LogP contribution in [0.3, 0.4) is 0 Å². The SMILES string of the molecule is CO[C@@H]1CCC[C@H](C(=O)N2CCN(Cc3c(-c4ccc(C)cc4)nc4ccc(-c5cccc(C)c5)cn34)CC2)C1. The monoisotopic (exact) mass is 536 g/mol. The average molecular weight is 537 g/mol. The summed E-state index contributed by atoms with van der Waals surface area (Å²) in [7, 11) is 1.77. The molecule has 0 radical (unpaired) electrons. The molecule has 1 aliphatic heterocycles. The summed E-state index contributed by atoms with van der Waals surface area (Å²) in [5.41, 5.74) is 9.22. The number of benzene rings is 2. The summed E-state index contributed by atoms with van der Waals surface area (Å²) in [6, 6.07) is 21.6. The number of imidazole rings is 1. The summed E-state index contributed by atoms with van der Waals surface area (Å²) in [5.74, 6) is 0.427. The molecular formula is C34H40N4O2. The summed E-state index contributed by atoms with van der Waals surface area (Å²) in [6.07, 6.45) is 6.46. The molecule has 2 aliphatic rings. The van der Waals surface area contributed by atoms with Gasteiger partial charge < -0.3 is 14.0 Å². The van der Waals surface area contributed by atoms with Crippen LogP contribution in [-0.2, 0) is 16.1 Å². The molecule has 0 N–H and O–H groups in total. The molecule has 1 amide bonds. The second-order valence-corrected chi connectivity index (χ2v) is 11.6. The fourth-order valence-electron chi connectivity index (χ4n) is 6.36. The average Bonchev–Trinajstić information content (AvgIpc) is 3.35. The summed E-state index contributed by atoms with van der Waals surface area (Å²) >= 11 is 0. The number of carbonyl (C=O) groups is 1. The zero-order valence-corrected chi connectivity index (χ0v) is 24.0. The minimum atomic E-state index is 0.109. The molecule has 6 rings (SSSR count). The highest BCUT2D eigenvalue weighted by Gasteiger charge is 2.32. The minimum absolute atomic E-state index is 0.109. The highest BCUT2D eigenvalue weighted by atomic mass is 16.5. The molecule has 1 saturated carbocycles. The standard InChI is InChI=1S/C34H40N4O2/c1-24-10-12-26(13-11-24)33-31(38-22-29(14-15-32(38)35-33)27-7-4-6-25(2)20-27)23-36-16-18-37(19-17-36)34(39)28-8-5-9-30(21-28)40-3/h4,6-7,10-15,20,22,28,30H,5,8-9,16-19,21,23H2,1-3H3/t28-,30+/m0/s1. The normalized spacial score (nSPS) is 20.2. The van der Waals surface area contributed by atoms with Crippen LogP contribution in [0.15, 0.2) is 66.9 Å². The van der Waals surface area contributed by atoms with Crippen molar-refractivity contribution in [1.29, 1.82) is 0 Å². The van der Waals surface area contributed by atoms with Crippen molar-refractivity contribution < 1.29 is 9.53 Å². The van der Waals surface area contributed by atoms with E-state index in [0.29, 0.717) is 5.91 Å². The van der Waals surface area contributed by atoms with Gasteiger partial charge in [-0.1, -0.05) is 66.1 Å². The van der Waals surface area contributed by atoms with Crippen molar-refractivity contribution in [1.82, 2.24) is 19.2 Å². The van der Waals surface area contributed by atoms with E-state index in [1.807, 2.05) is 0 Å². The van der Waals surface area contributed by atoms with Crippen molar-refractivity contribution in [2.24, 2.45) is 5.92 Å². The van der Waals surface area contributed by atoms with Crippen molar-refractivity contribution >= 4 is 11.6 Å². The van der Waals surface area contributed by atoms with Gasteiger partial charge in [0.2, 0.25) is 5.91 Å². The number of aromatic nitrogens is 2. The number of piperazine rings is 1. The van der Waals surface area contributed by atoms with Crippen LogP contribution >= 0.6 is 0 Å². The van der Waals surface area contributed by atoms with Gasteiger partial charge in [0.1, 0.15) is 5.65 Å². The first kappa shape index (κ1) is 26.7. The summed E-state index contributed by atoms with van der Waals surface area (Å²) in [6.45, 7) is 8.32. The molecule has 3 heterocycles. The lowest BCUT2D eigenvalue weighted by Gasteiger charge is -2.38. The number of amides is 1. The van der Waals surface area contributed by atoms with Gasteiger partial charge in [0.15, 0.2) is 0 Å². The third-order valence-corrected chi connectivity index (χ3v) is 8.76. The molecule has 1 aliphatic carbocycles. The fourth-order valence-corrected chi connectivity index (χ4v) is 6.36. The predicted molar refractivity (Wildman–Crippen MR) is 160 cm³/mol. The number of aryl methyl sites for hydroxylation is 2. The zero-order valence-electron chi connectivity index (χ0n) is 24.0. The van der Waals surface area contributed by atoms with Gasteiger partial charge in [-0.3, -0.25) is 9.69 Å². The number of carbonyl (C=O) groups excluding carboxylic acids is 1. The summed E-state index contributed by atoms with van der Waals surface area (Å²) < 4.78 is 7.85. The Morgan fingerprint density at radius 2 is 1.68 bits per heavy atom. The molecular weight excluding hydrogens is 496 g/mol. The van der Waals surface area contributed by atoms with E-state index < -0.39 is 0 Å². The molecule has 208 valence electrons. The zero-order chi connectivity index (χ0) is 27.6. The van der Waals surface area contributed by atoms with Crippen molar-refractivity contribution in [2.45, 2.75) is 52.2 Å². The predicted octanol–water partition coefficient (Wildman–Crippen LogP) is 6.13. The first-order chi connectivity index (χ1) is 19.5. The first-order valence-electron chi connectivity index (χ1n) is 14.7. The first-order valence-corrected chi connectivity index (χ1v) is 14.7. The molecule has 4 aromatic rings. The van der Waals surface area contributed by atoms with E-state index in [9.17, 15) is 4.79 Å². The van der Waals surface area contributed by atoms with Crippen molar-refractivity contribution in [3.63, 3.8) is 0 Å². The van der Waals surface area contributed by atoms with E-state index in [2.05, 4.69) is 94.9 Å². The molecule has 0 unspecified atom stereocenters. The highest BCUT2D eigenvalue weighted by Crippen LogP contribution is 2.31. The molecule has 0 spiro atoms. The van der Waals surface area contributed by atoms with E-state index in [1.165, 1.54) is 27.9 Å². The molecule has 0 bridgehead atoms. The minimum Gasteiger partial charge on any atom is -0.381 e. The Morgan fingerprint density at radius 1 is 0.900 bits per heavy atom. The van der Waals surface area contributed by atoms with E-state index in [0.717, 1.165) is 75.3 Å². The van der Waals surface area contributed by atoms with E-state index in [-0.39, 0.29) is 12.0 Å². The lowest BCUT2D eigenvalue weighted by molar-refractivity contribution is -0.140. The Morgan fingerprint density at radius 3 is 2.42 bits per heavy atom. The molecule has 2 aromatic heterocycles.